The fourth-order valence-corrected chi connectivity index (χ4v) is 0.669. The molecule has 0 N–H and O–H groups in total. The summed E-state index contributed by atoms with van der Waals surface area (Å²) >= 11 is 0. The van der Waals surface area contributed by atoms with Gasteiger partial charge in [0.1, 0.15) is 5.69 Å². The number of nitrogens with zero attached hydrogens (tertiary/aromatic N) is 2. The van der Waals surface area contributed by atoms with Crippen LogP contribution in [0.2, 0.25) is 0 Å². The molecule has 0 fully saturated rings. The minimum atomic E-state index is -3.72. The first-order valence-electron chi connectivity index (χ1n) is 3.42. The third kappa shape index (κ3) is 8.10. The van der Waals surface area contributed by atoms with Crippen molar-refractivity contribution in [3.63, 3.8) is 0 Å². The Bertz CT molecular complexity index is 440. The highest BCUT2D eigenvalue weighted by atomic mass is 36.0. The summed E-state index contributed by atoms with van der Waals surface area (Å²) in [6.07, 6.45) is 1.53. The van der Waals surface area contributed by atoms with Gasteiger partial charge in [0.05, 0.1) is 4.92 Å². The number of hydrogen-bond acceptors (Lipinski definition) is 5. The van der Waals surface area contributed by atoms with Crippen molar-refractivity contribution in [3.05, 3.63) is 34.1 Å². The Morgan fingerprint density at radius 1 is 1.47 bits per heavy atom. The zero-order valence-electron chi connectivity index (χ0n) is 7.42. The summed E-state index contributed by atoms with van der Waals surface area (Å²) in [4.78, 5) is 13.5. The molecule has 0 unspecified atom stereocenters. The highest BCUT2D eigenvalue weighted by Crippen LogP contribution is 2.12. The Morgan fingerprint density at radius 2 is 1.93 bits per heavy atom. The van der Waals surface area contributed by atoms with Gasteiger partial charge in [-0.05, 0) is 13.0 Å². The van der Waals surface area contributed by atoms with Crippen LogP contribution in [0.4, 0.5) is 5.69 Å². The molecule has 0 radical (unpaired) electrons. The van der Waals surface area contributed by atoms with E-state index < -0.39 is 13.2 Å². The SMILES string of the molecule is Cc1ncccc1[N+](=O)[O-].O=S(=O)(Cl)Cl. The molecule has 1 heterocycles. The van der Waals surface area contributed by atoms with Crippen molar-refractivity contribution in [1.82, 2.24) is 4.98 Å². The maximum atomic E-state index is 10.2. The summed E-state index contributed by atoms with van der Waals surface area (Å²) in [5.74, 6) is 0. The first-order valence-corrected chi connectivity index (χ1v) is 6.55. The Balaban J connectivity index is 0.000000336. The number of aromatic nitrogens is 1. The van der Waals surface area contributed by atoms with E-state index in [1.807, 2.05) is 0 Å². The van der Waals surface area contributed by atoms with E-state index in [0.717, 1.165) is 0 Å². The summed E-state index contributed by atoms with van der Waals surface area (Å²) in [6.45, 7) is 1.61. The molecule has 0 bridgehead atoms. The standard InChI is InChI=1S/C6H6N2O2.Cl2O2S/c1-5-6(8(9)10)3-2-4-7-5;1-5(2,3)4/h2-4H,1H3;. The number of aryl methyl sites for hydroxylation is 1. The molecule has 0 aliphatic carbocycles. The van der Waals surface area contributed by atoms with E-state index in [0.29, 0.717) is 5.69 Å². The summed E-state index contributed by atoms with van der Waals surface area (Å²) in [5, 5.41) is 10.2. The third-order valence-corrected chi connectivity index (χ3v) is 1.18. The molecule has 9 heteroatoms. The van der Waals surface area contributed by atoms with Gasteiger partial charge in [0, 0.05) is 33.6 Å². The lowest BCUT2D eigenvalue weighted by atomic mass is 10.3. The van der Waals surface area contributed by atoms with Crippen molar-refractivity contribution >= 4 is 35.3 Å². The van der Waals surface area contributed by atoms with Crippen LogP contribution in [-0.2, 0) is 8.26 Å². The molecule has 1 rings (SSSR count). The van der Waals surface area contributed by atoms with E-state index in [9.17, 15) is 10.1 Å². The van der Waals surface area contributed by atoms with Crippen LogP contribution in [0.15, 0.2) is 18.3 Å². The number of rotatable bonds is 1. The van der Waals surface area contributed by atoms with Crippen molar-refractivity contribution < 1.29 is 13.3 Å². The molecule has 0 amide bonds. The molecule has 6 nitrogen and oxygen atoms in total. The average molecular weight is 273 g/mol. The molecule has 0 aromatic carbocycles. The van der Waals surface area contributed by atoms with Gasteiger partial charge < -0.3 is 0 Å². The highest BCUT2D eigenvalue weighted by molar-refractivity contribution is 8.31. The van der Waals surface area contributed by atoms with Gasteiger partial charge in [-0.25, -0.2) is 0 Å². The fourth-order valence-electron chi connectivity index (χ4n) is 0.669. The van der Waals surface area contributed by atoms with Gasteiger partial charge >= 0.3 is 8.26 Å². The Morgan fingerprint density at radius 3 is 2.20 bits per heavy atom. The second-order valence-corrected chi connectivity index (χ2v) is 5.91. The molecule has 1 aromatic heterocycles. The summed E-state index contributed by atoms with van der Waals surface area (Å²) in [6, 6.07) is 2.98. The smallest absolute Gasteiger partial charge is 0.258 e. The maximum absolute atomic E-state index is 10.2. The number of hydrogen-bond donors (Lipinski definition) is 0. The van der Waals surface area contributed by atoms with Gasteiger partial charge in [-0.1, -0.05) is 0 Å². The van der Waals surface area contributed by atoms with Crippen LogP contribution in [0.25, 0.3) is 0 Å². The van der Waals surface area contributed by atoms with Crippen LogP contribution in [0.3, 0.4) is 0 Å². The van der Waals surface area contributed by atoms with Crippen molar-refractivity contribution in [2.24, 2.45) is 0 Å². The lowest BCUT2D eigenvalue weighted by Gasteiger charge is -1.91. The largest absolute Gasteiger partial charge is 0.317 e. The van der Waals surface area contributed by atoms with Crippen LogP contribution in [0.1, 0.15) is 5.69 Å². The molecule has 0 spiro atoms. The maximum Gasteiger partial charge on any atom is 0.317 e. The van der Waals surface area contributed by atoms with E-state index in [1.165, 1.54) is 12.3 Å². The monoisotopic (exact) mass is 272 g/mol. The zero-order chi connectivity index (χ0) is 12.1. The molecule has 0 saturated heterocycles. The van der Waals surface area contributed by atoms with Gasteiger partial charge in [0.15, 0.2) is 0 Å². The molecular weight excluding hydrogens is 267 g/mol. The lowest BCUT2D eigenvalue weighted by Crippen LogP contribution is -1.92. The molecule has 1 aromatic rings. The van der Waals surface area contributed by atoms with Crippen LogP contribution in [-0.4, -0.2) is 18.3 Å². The molecule has 15 heavy (non-hydrogen) atoms. The summed E-state index contributed by atoms with van der Waals surface area (Å²) < 4.78 is 18.3. The normalized spacial score (nSPS) is 10.1. The van der Waals surface area contributed by atoms with E-state index in [4.69, 9.17) is 8.42 Å². The summed E-state index contributed by atoms with van der Waals surface area (Å²) in [7, 11) is 4.81. The fraction of sp³-hybridized carbons (Fsp3) is 0.167. The molecule has 0 aliphatic heterocycles. The zero-order valence-corrected chi connectivity index (χ0v) is 9.75. The first kappa shape index (κ1) is 14.1. The molecule has 84 valence electrons. The Labute approximate surface area is 94.9 Å². The van der Waals surface area contributed by atoms with E-state index in [1.54, 1.807) is 13.0 Å². The molecular formula is C6H6Cl2N2O4S. The number of pyridine rings is 1. The highest BCUT2D eigenvalue weighted by Gasteiger charge is 2.07. The minimum Gasteiger partial charge on any atom is -0.258 e. The summed E-state index contributed by atoms with van der Waals surface area (Å²) in [5.41, 5.74) is 0.523. The van der Waals surface area contributed by atoms with Crippen LogP contribution < -0.4 is 0 Å². The van der Waals surface area contributed by atoms with Crippen molar-refractivity contribution in [1.29, 1.82) is 0 Å². The number of nitro groups is 1. The third-order valence-electron chi connectivity index (χ3n) is 1.18. The topological polar surface area (TPSA) is 90.2 Å². The second-order valence-electron chi connectivity index (χ2n) is 2.24. The van der Waals surface area contributed by atoms with Crippen LogP contribution >= 0.6 is 21.4 Å². The minimum absolute atomic E-state index is 0.0718. The van der Waals surface area contributed by atoms with E-state index >= 15 is 0 Å². The van der Waals surface area contributed by atoms with E-state index in [-0.39, 0.29) is 5.69 Å². The van der Waals surface area contributed by atoms with Crippen molar-refractivity contribution in [2.75, 3.05) is 0 Å². The lowest BCUT2D eigenvalue weighted by molar-refractivity contribution is -0.385. The first-order chi connectivity index (χ1) is 6.72. The number of halogens is 2. The van der Waals surface area contributed by atoms with Gasteiger partial charge in [0.2, 0.25) is 0 Å². The van der Waals surface area contributed by atoms with Gasteiger partial charge in [0.25, 0.3) is 5.69 Å². The van der Waals surface area contributed by atoms with E-state index in [2.05, 4.69) is 26.3 Å². The molecule has 0 aliphatic rings. The molecule has 0 atom stereocenters. The van der Waals surface area contributed by atoms with Crippen LogP contribution in [0, 0.1) is 17.0 Å². The molecule has 0 saturated carbocycles. The predicted molar refractivity (Wildman–Crippen MR) is 56.3 cm³/mol. The van der Waals surface area contributed by atoms with Gasteiger partial charge in [-0.2, -0.15) is 8.42 Å². The predicted octanol–water partition coefficient (Wildman–Crippen LogP) is 2.01. The van der Waals surface area contributed by atoms with Crippen molar-refractivity contribution in [2.45, 2.75) is 6.92 Å². The Hall–Kier alpha value is -0.920. The quantitative estimate of drug-likeness (QED) is 0.443. The second kappa shape index (κ2) is 5.84. The van der Waals surface area contributed by atoms with Crippen molar-refractivity contribution in [3.8, 4) is 0 Å². The van der Waals surface area contributed by atoms with Crippen LogP contribution in [0.5, 0.6) is 0 Å². The Kier molecular flexibility index (Phi) is 5.48. The van der Waals surface area contributed by atoms with Gasteiger partial charge in [-0.15, -0.1) is 0 Å². The van der Waals surface area contributed by atoms with Gasteiger partial charge in [-0.3, -0.25) is 15.1 Å². The average Bonchev–Trinajstić information content (AvgIpc) is 2.01.